The van der Waals surface area contributed by atoms with Crippen LogP contribution in [-0.4, -0.2) is 23.8 Å². The van der Waals surface area contributed by atoms with Gasteiger partial charge in [-0.25, -0.2) is 0 Å². The van der Waals surface area contributed by atoms with E-state index in [1.807, 2.05) is 18.0 Å². The summed E-state index contributed by atoms with van der Waals surface area (Å²) in [6.45, 7) is 4.51. The smallest absolute Gasteiger partial charge is 0.318 e. The van der Waals surface area contributed by atoms with Crippen molar-refractivity contribution in [3.05, 3.63) is 28.3 Å². The van der Waals surface area contributed by atoms with E-state index in [-0.39, 0.29) is 0 Å². The molecule has 2 aromatic rings. The highest BCUT2D eigenvalue weighted by Gasteiger charge is 2.11. The van der Waals surface area contributed by atoms with Gasteiger partial charge < -0.3 is 14.6 Å². The molecule has 0 spiro atoms. The van der Waals surface area contributed by atoms with Crippen LogP contribution in [0.15, 0.2) is 21.9 Å². The zero-order valence-electron chi connectivity index (χ0n) is 10.7. The first-order chi connectivity index (χ1) is 8.79. The summed E-state index contributed by atoms with van der Waals surface area (Å²) in [7, 11) is 1.95. The number of hydrogen-bond acceptors (Lipinski definition) is 6. The van der Waals surface area contributed by atoms with Crippen LogP contribution in [0.25, 0.3) is 0 Å². The van der Waals surface area contributed by atoms with Crippen LogP contribution in [0, 0.1) is 0 Å². The highest BCUT2D eigenvalue weighted by atomic mass is 32.1. The molecule has 2 rings (SSSR count). The fraction of sp³-hybridized carbons (Fsp3) is 0.500. The van der Waals surface area contributed by atoms with Gasteiger partial charge in [-0.15, -0.1) is 16.4 Å². The predicted octanol–water partition coefficient (Wildman–Crippen LogP) is 2.27. The average Bonchev–Trinajstić information content (AvgIpc) is 3.00. The molecule has 1 N–H and O–H groups in total. The minimum absolute atomic E-state index is 0.566. The zero-order valence-corrected chi connectivity index (χ0v) is 11.5. The van der Waals surface area contributed by atoms with Gasteiger partial charge in [0.1, 0.15) is 0 Å². The van der Waals surface area contributed by atoms with Crippen molar-refractivity contribution in [3.8, 4) is 0 Å². The first-order valence-electron chi connectivity index (χ1n) is 6.06. The number of aromatic nitrogens is 2. The van der Waals surface area contributed by atoms with Crippen LogP contribution in [0.5, 0.6) is 0 Å². The Bertz CT molecular complexity index is 454. The molecule has 0 aliphatic carbocycles. The molecule has 0 unspecified atom stereocenters. The van der Waals surface area contributed by atoms with Crippen LogP contribution in [-0.2, 0) is 13.1 Å². The second-order valence-corrected chi connectivity index (χ2v) is 5.12. The molecule has 0 aliphatic heterocycles. The lowest BCUT2D eigenvalue weighted by atomic mass is 10.4. The third-order valence-electron chi connectivity index (χ3n) is 2.46. The van der Waals surface area contributed by atoms with E-state index in [0.717, 1.165) is 19.5 Å². The van der Waals surface area contributed by atoms with E-state index < -0.39 is 0 Å². The standard InChI is InChI=1S/C12H18N4OS/c1-3-6-13-8-11-14-15-12(17-11)16(2)9-10-5-4-7-18-10/h4-5,7,13H,3,6,8-9H2,1-2H3. The molecule has 0 aliphatic rings. The molecule has 6 heteroatoms. The molecular formula is C12H18N4OS. The van der Waals surface area contributed by atoms with Gasteiger partial charge in [-0.05, 0) is 24.4 Å². The summed E-state index contributed by atoms with van der Waals surface area (Å²) < 4.78 is 5.59. The van der Waals surface area contributed by atoms with Crippen LogP contribution in [0.4, 0.5) is 6.01 Å². The quantitative estimate of drug-likeness (QED) is 0.779. The highest BCUT2D eigenvalue weighted by molar-refractivity contribution is 7.09. The van der Waals surface area contributed by atoms with E-state index in [1.165, 1.54) is 4.88 Å². The molecule has 98 valence electrons. The minimum Gasteiger partial charge on any atom is -0.407 e. The summed E-state index contributed by atoms with van der Waals surface area (Å²) >= 11 is 1.73. The monoisotopic (exact) mass is 266 g/mol. The topological polar surface area (TPSA) is 54.2 Å². The molecule has 0 saturated carbocycles. The van der Waals surface area contributed by atoms with Gasteiger partial charge in [-0.3, -0.25) is 0 Å². The van der Waals surface area contributed by atoms with Crippen LogP contribution in [0.2, 0.25) is 0 Å². The van der Waals surface area contributed by atoms with Gasteiger partial charge >= 0.3 is 6.01 Å². The first-order valence-corrected chi connectivity index (χ1v) is 6.94. The number of anilines is 1. The van der Waals surface area contributed by atoms with Crippen molar-refractivity contribution >= 4 is 17.4 Å². The molecular weight excluding hydrogens is 248 g/mol. The predicted molar refractivity (Wildman–Crippen MR) is 72.7 cm³/mol. The molecule has 0 saturated heterocycles. The molecule has 0 amide bonds. The maximum atomic E-state index is 5.59. The Hall–Kier alpha value is -1.40. The number of nitrogens with zero attached hydrogens (tertiary/aromatic N) is 3. The van der Waals surface area contributed by atoms with Gasteiger partial charge in [0.25, 0.3) is 0 Å². The molecule has 5 nitrogen and oxygen atoms in total. The van der Waals surface area contributed by atoms with Crippen LogP contribution < -0.4 is 10.2 Å². The summed E-state index contributed by atoms with van der Waals surface area (Å²) in [5.41, 5.74) is 0. The van der Waals surface area contributed by atoms with E-state index in [4.69, 9.17) is 4.42 Å². The van der Waals surface area contributed by atoms with E-state index in [0.29, 0.717) is 18.5 Å². The fourth-order valence-corrected chi connectivity index (χ4v) is 2.30. The molecule has 2 heterocycles. The fourth-order valence-electron chi connectivity index (χ4n) is 1.55. The normalized spacial score (nSPS) is 10.8. The molecule has 0 bridgehead atoms. The summed E-state index contributed by atoms with van der Waals surface area (Å²) in [6, 6.07) is 4.71. The Labute approximate surface area is 111 Å². The van der Waals surface area contributed by atoms with Crippen molar-refractivity contribution in [2.75, 3.05) is 18.5 Å². The van der Waals surface area contributed by atoms with Crippen LogP contribution >= 0.6 is 11.3 Å². The van der Waals surface area contributed by atoms with Crippen molar-refractivity contribution in [1.82, 2.24) is 15.5 Å². The van der Waals surface area contributed by atoms with E-state index >= 15 is 0 Å². The lowest BCUT2D eigenvalue weighted by molar-refractivity contribution is 0.465. The van der Waals surface area contributed by atoms with Crippen LogP contribution in [0.3, 0.4) is 0 Å². The summed E-state index contributed by atoms with van der Waals surface area (Å²) in [6.07, 6.45) is 1.10. The SMILES string of the molecule is CCCNCc1nnc(N(C)Cc2cccs2)o1. The molecule has 0 radical (unpaired) electrons. The van der Waals surface area contributed by atoms with Crippen molar-refractivity contribution < 1.29 is 4.42 Å². The Morgan fingerprint density at radius 3 is 3.06 bits per heavy atom. The summed E-state index contributed by atoms with van der Waals surface area (Å²) in [5, 5.41) is 13.4. The number of hydrogen-bond donors (Lipinski definition) is 1. The zero-order chi connectivity index (χ0) is 12.8. The number of thiophene rings is 1. The van der Waals surface area contributed by atoms with E-state index in [9.17, 15) is 0 Å². The van der Waals surface area contributed by atoms with E-state index in [2.05, 4.69) is 33.9 Å². The maximum absolute atomic E-state index is 5.59. The largest absolute Gasteiger partial charge is 0.407 e. The second kappa shape index (κ2) is 6.51. The lowest BCUT2D eigenvalue weighted by Gasteiger charge is -2.11. The number of rotatable bonds is 7. The van der Waals surface area contributed by atoms with Gasteiger partial charge in [-0.1, -0.05) is 18.1 Å². The highest BCUT2D eigenvalue weighted by Crippen LogP contribution is 2.16. The van der Waals surface area contributed by atoms with Gasteiger partial charge in [0.15, 0.2) is 0 Å². The van der Waals surface area contributed by atoms with E-state index in [1.54, 1.807) is 11.3 Å². The maximum Gasteiger partial charge on any atom is 0.318 e. The molecule has 0 atom stereocenters. The molecule has 0 fully saturated rings. The number of nitrogens with one attached hydrogen (secondary N) is 1. The minimum atomic E-state index is 0.566. The Morgan fingerprint density at radius 1 is 1.44 bits per heavy atom. The Balaban J connectivity index is 1.88. The van der Waals surface area contributed by atoms with Crippen molar-refractivity contribution in [2.45, 2.75) is 26.4 Å². The molecule has 0 aromatic carbocycles. The van der Waals surface area contributed by atoms with Gasteiger partial charge in [0.2, 0.25) is 5.89 Å². The third kappa shape index (κ3) is 3.54. The van der Waals surface area contributed by atoms with Crippen molar-refractivity contribution in [3.63, 3.8) is 0 Å². The third-order valence-corrected chi connectivity index (χ3v) is 3.32. The first kappa shape index (κ1) is 13.0. The second-order valence-electron chi connectivity index (χ2n) is 4.09. The van der Waals surface area contributed by atoms with Gasteiger partial charge in [-0.2, -0.15) is 0 Å². The van der Waals surface area contributed by atoms with Crippen LogP contribution in [0.1, 0.15) is 24.1 Å². The van der Waals surface area contributed by atoms with Crippen molar-refractivity contribution in [1.29, 1.82) is 0 Å². The average molecular weight is 266 g/mol. The van der Waals surface area contributed by atoms with Crippen molar-refractivity contribution in [2.24, 2.45) is 0 Å². The Morgan fingerprint density at radius 2 is 2.33 bits per heavy atom. The summed E-state index contributed by atoms with van der Waals surface area (Å²) in [4.78, 5) is 3.24. The Kier molecular flexibility index (Phi) is 4.72. The molecule has 18 heavy (non-hydrogen) atoms. The lowest BCUT2D eigenvalue weighted by Crippen LogP contribution is -2.16. The van der Waals surface area contributed by atoms with Gasteiger partial charge in [0.05, 0.1) is 13.1 Å². The van der Waals surface area contributed by atoms with Gasteiger partial charge in [0, 0.05) is 11.9 Å². The summed E-state index contributed by atoms with van der Waals surface area (Å²) in [5.74, 6) is 0.636. The molecule has 2 aromatic heterocycles.